The zero-order valence-electron chi connectivity index (χ0n) is 7.56. The molecule has 2 rings (SSSR count). The molecule has 1 aromatic carbocycles. The smallest absolute Gasteiger partial charge is 0.146 e. The normalized spacial score (nSPS) is 16.4. The van der Waals surface area contributed by atoms with Crippen molar-refractivity contribution < 1.29 is 8.78 Å². The lowest BCUT2D eigenvalue weighted by Gasteiger charge is -2.17. The van der Waals surface area contributed by atoms with Crippen LogP contribution in [0.15, 0.2) is 12.1 Å². The fraction of sp³-hybridized carbons (Fsp3) is 0.400. The maximum Gasteiger partial charge on any atom is 0.146 e. The minimum atomic E-state index is -0.687. The fourth-order valence-electron chi connectivity index (χ4n) is 1.70. The summed E-state index contributed by atoms with van der Waals surface area (Å²) in [6.45, 7) is 1.72. The molecule has 0 atom stereocenters. The molecule has 0 aliphatic carbocycles. The van der Waals surface area contributed by atoms with Crippen molar-refractivity contribution in [3.8, 4) is 0 Å². The third-order valence-corrected chi connectivity index (χ3v) is 2.80. The van der Waals surface area contributed by atoms with Crippen molar-refractivity contribution in [2.24, 2.45) is 0 Å². The van der Waals surface area contributed by atoms with Gasteiger partial charge in [-0.1, -0.05) is 11.6 Å². The Morgan fingerprint density at radius 2 is 1.57 bits per heavy atom. The lowest BCUT2D eigenvalue weighted by atomic mass is 10.2. The average Bonchev–Trinajstić information content (AvgIpc) is 2.66. The predicted molar refractivity (Wildman–Crippen MR) is 52.8 cm³/mol. The van der Waals surface area contributed by atoms with Gasteiger partial charge in [0.2, 0.25) is 0 Å². The highest BCUT2D eigenvalue weighted by Gasteiger charge is 2.16. The standard InChI is InChI=1S/C10H10ClF2N/c11-10-8(12)5-7(6-9(10)13)14-3-1-2-4-14/h5-6H,1-4H2. The van der Waals surface area contributed by atoms with Gasteiger partial charge in [0, 0.05) is 18.8 Å². The van der Waals surface area contributed by atoms with E-state index < -0.39 is 16.7 Å². The molecule has 0 bridgehead atoms. The molecule has 76 valence electrons. The molecule has 1 aromatic rings. The highest BCUT2D eigenvalue weighted by molar-refractivity contribution is 6.30. The lowest BCUT2D eigenvalue weighted by Crippen LogP contribution is -2.17. The van der Waals surface area contributed by atoms with E-state index in [0.717, 1.165) is 25.9 Å². The highest BCUT2D eigenvalue weighted by Crippen LogP contribution is 2.27. The summed E-state index contributed by atoms with van der Waals surface area (Å²) in [5.41, 5.74) is 0.585. The zero-order valence-corrected chi connectivity index (χ0v) is 8.32. The van der Waals surface area contributed by atoms with E-state index in [1.165, 1.54) is 12.1 Å². The van der Waals surface area contributed by atoms with Crippen LogP contribution in [-0.4, -0.2) is 13.1 Å². The van der Waals surface area contributed by atoms with Gasteiger partial charge in [0.15, 0.2) is 0 Å². The number of benzene rings is 1. The monoisotopic (exact) mass is 217 g/mol. The number of halogens is 3. The van der Waals surface area contributed by atoms with Gasteiger partial charge in [-0.25, -0.2) is 8.78 Å². The summed E-state index contributed by atoms with van der Waals surface area (Å²) in [6, 6.07) is 2.58. The average molecular weight is 218 g/mol. The summed E-state index contributed by atoms with van der Waals surface area (Å²) in [5, 5.41) is -0.423. The van der Waals surface area contributed by atoms with Gasteiger partial charge in [-0.3, -0.25) is 0 Å². The fourth-order valence-corrected chi connectivity index (χ4v) is 1.81. The van der Waals surface area contributed by atoms with Gasteiger partial charge in [0.05, 0.1) is 0 Å². The first-order valence-corrected chi connectivity index (χ1v) is 4.96. The van der Waals surface area contributed by atoms with Gasteiger partial charge in [-0.05, 0) is 25.0 Å². The minimum Gasteiger partial charge on any atom is -0.371 e. The second-order valence-electron chi connectivity index (χ2n) is 3.42. The molecular formula is C10H10ClF2N. The van der Waals surface area contributed by atoms with Crippen LogP contribution in [0.2, 0.25) is 5.02 Å². The van der Waals surface area contributed by atoms with Crippen LogP contribution in [-0.2, 0) is 0 Å². The number of nitrogens with zero attached hydrogens (tertiary/aromatic N) is 1. The third-order valence-electron chi connectivity index (χ3n) is 2.44. The Labute approximate surface area is 86.3 Å². The first-order valence-electron chi connectivity index (χ1n) is 4.58. The molecule has 1 aliphatic heterocycles. The van der Waals surface area contributed by atoms with Gasteiger partial charge in [0.25, 0.3) is 0 Å². The maximum atomic E-state index is 13.1. The zero-order chi connectivity index (χ0) is 10.1. The van der Waals surface area contributed by atoms with Crippen LogP contribution in [0, 0.1) is 11.6 Å². The Morgan fingerprint density at radius 1 is 1.07 bits per heavy atom. The van der Waals surface area contributed by atoms with Crippen LogP contribution in [0.1, 0.15) is 12.8 Å². The number of rotatable bonds is 1. The van der Waals surface area contributed by atoms with Crippen molar-refractivity contribution in [3.63, 3.8) is 0 Å². The Bertz CT molecular complexity index is 325. The molecule has 0 amide bonds. The first-order chi connectivity index (χ1) is 6.68. The van der Waals surface area contributed by atoms with E-state index in [4.69, 9.17) is 11.6 Å². The van der Waals surface area contributed by atoms with E-state index in [1.54, 1.807) is 0 Å². The van der Waals surface area contributed by atoms with Crippen LogP contribution in [0.25, 0.3) is 0 Å². The molecule has 4 heteroatoms. The van der Waals surface area contributed by atoms with E-state index in [9.17, 15) is 8.78 Å². The van der Waals surface area contributed by atoms with Crippen molar-refractivity contribution in [1.29, 1.82) is 0 Å². The van der Waals surface area contributed by atoms with Crippen LogP contribution >= 0.6 is 11.6 Å². The minimum absolute atomic E-state index is 0.423. The molecule has 14 heavy (non-hydrogen) atoms. The summed E-state index contributed by atoms with van der Waals surface area (Å²) in [5.74, 6) is -1.37. The van der Waals surface area contributed by atoms with Gasteiger partial charge in [-0.2, -0.15) is 0 Å². The maximum absolute atomic E-state index is 13.1. The van der Waals surface area contributed by atoms with Gasteiger partial charge in [0.1, 0.15) is 16.7 Å². The summed E-state index contributed by atoms with van der Waals surface area (Å²) >= 11 is 5.39. The molecule has 1 nitrogen and oxygen atoms in total. The van der Waals surface area contributed by atoms with Gasteiger partial charge >= 0.3 is 0 Å². The van der Waals surface area contributed by atoms with E-state index >= 15 is 0 Å². The predicted octanol–water partition coefficient (Wildman–Crippen LogP) is 3.22. The van der Waals surface area contributed by atoms with E-state index in [2.05, 4.69) is 0 Å². The second-order valence-corrected chi connectivity index (χ2v) is 3.80. The van der Waals surface area contributed by atoms with Crippen LogP contribution < -0.4 is 4.90 Å². The molecule has 1 saturated heterocycles. The summed E-state index contributed by atoms with van der Waals surface area (Å²) in [6.07, 6.45) is 2.15. The van der Waals surface area contributed by atoms with Crippen molar-refractivity contribution in [2.45, 2.75) is 12.8 Å². The molecule has 1 aliphatic rings. The van der Waals surface area contributed by atoms with E-state index in [-0.39, 0.29) is 0 Å². The Kier molecular flexibility index (Phi) is 2.59. The molecule has 0 radical (unpaired) electrons. The van der Waals surface area contributed by atoms with E-state index in [0.29, 0.717) is 5.69 Å². The largest absolute Gasteiger partial charge is 0.371 e. The summed E-state index contributed by atoms with van der Waals surface area (Å²) in [7, 11) is 0. The molecule has 0 aromatic heterocycles. The van der Waals surface area contributed by atoms with Crippen molar-refractivity contribution in [3.05, 3.63) is 28.8 Å². The quantitative estimate of drug-likeness (QED) is 0.653. The molecular weight excluding hydrogens is 208 g/mol. The number of hydrogen-bond acceptors (Lipinski definition) is 1. The third kappa shape index (κ3) is 1.69. The van der Waals surface area contributed by atoms with Crippen LogP contribution in [0.4, 0.5) is 14.5 Å². The number of anilines is 1. The van der Waals surface area contributed by atoms with Crippen LogP contribution in [0.3, 0.4) is 0 Å². The number of hydrogen-bond donors (Lipinski definition) is 0. The molecule has 0 N–H and O–H groups in total. The topological polar surface area (TPSA) is 3.24 Å². The molecule has 0 unspecified atom stereocenters. The molecule has 0 spiro atoms. The van der Waals surface area contributed by atoms with Crippen molar-refractivity contribution >= 4 is 17.3 Å². The first kappa shape index (κ1) is 9.71. The van der Waals surface area contributed by atoms with Crippen molar-refractivity contribution in [1.82, 2.24) is 0 Å². The summed E-state index contributed by atoms with van der Waals surface area (Å²) in [4.78, 5) is 1.96. The van der Waals surface area contributed by atoms with Crippen molar-refractivity contribution in [2.75, 3.05) is 18.0 Å². The molecule has 1 heterocycles. The highest BCUT2D eigenvalue weighted by atomic mass is 35.5. The Balaban J connectivity index is 2.34. The Morgan fingerprint density at radius 3 is 2.07 bits per heavy atom. The second kappa shape index (κ2) is 3.73. The molecule has 0 saturated carbocycles. The summed E-state index contributed by atoms with van der Waals surface area (Å²) < 4.78 is 26.2. The van der Waals surface area contributed by atoms with E-state index in [1.807, 2.05) is 4.90 Å². The molecule has 1 fully saturated rings. The SMILES string of the molecule is Fc1cc(N2CCCC2)cc(F)c1Cl. The van der Waals surface area contributed by atoms with Gasteiger partial charge < -0.3 is 4.90 Å². The Hall–Kier alpha value is -0.830. The lowest BCUT2D eigenvalue weighted by molar-refractivity contribution is 0.583. The van der Waals surface area contributed by atoms with Crippen LogP contribution in [0.5, 0.6) is 0 Å². The van der Waals surface area contributed by atoms with Gasteiger partial charge in [-0.15, -0.1) is 0 Å².